The molecule has 7 heteroatoms. The molecule has 0 aromatic heterocycles. The molecule has 0 fully saturated rings. The van der Waals surface area contributed by atoms with Crippen molar-refractivity contribution in [2.45, 2.75) is 11.8 Å². The Hall–Kier alpha value is -2.38. The first-order valence-corrected chi connectivity index (χ1v) is 9.80. The van der Waals surface area contributed by atoms with E-state index in [1.165, 1.54) is 0 Å². The normalized spacial score (nSPS) is 11.4. The van der Waals surface area contributed by atoms with Crippen molar-refractivity contribution >= 4 is 21.6 Å². The van der Waals surface area contributed by atoms with Crippen LogP contribution in [0.25, 0.3) is 0 Å². The summed E-state index contributed by atoms with van der Waals surface area (Å²) in [4.78, 5) is 14.4. The summed E-state index contributed by atoms with van der Waals surface area (Å²) in [6.45, 7) is 2.76. The Morgan fingerprint density at radius 2 is 1.62 bits per heavy atom. The smallest absolute Gasteiger partial charge is 0.264 e. The van der Waals surface area contributed by atoms with Crippen LogP contribution in [0.1, 0.15) is 5.56 Å². The molecule has 0 bridgehead atoms. The van der Waals surface area contributed by atoms with Gasteiger partial charge in [-0.05, 0) is 45.3 Å². The summed E-state index contributed by atoms with van der Waals surface area (Å²) in [5, 5.41) is 2.76. The molecule has 0 aliphatic heterocycles. The first-order valence-electron chi connectivity index (χ1n) is 8.36. The fraction of sp³-hybridized carbons (Fsp3) is 0.316. The third kappa shape index (κ3) is 5.31. The highest BCUT2D eigenvalue weighted by molar-refractivity contribution is 7.92. The molecule has 26 heavy (non-hydrogen) atoms. The fourth-order valence-corrected chi connectivity index (χ4v) is 3.77. The molecular formula is C19H25N3O3S. The van der Waals surface area contributed by atoms with Crippen molar-refractivity contribution in [3.05, 3.63) is 60.2 Å². The van der Waals surface area contributed by atoms with Crippen molar-refractivity contribution in [3.8, 4) is 0 Å². The molecule has 0 aliphatic carbocycles. The van der Waals surface area contributed by atoms with Crippen LogP contribution in [0.4, 0.5) is 5.69 Å². The van der Waals surface area contributed by atoms with Gasteiger partial charge in [-0.1, -0.05) is 35.9 Å². The number of nitrogens with one attached hydrogen (secondary N) is 1. The lowest BCUT2D eigenvalue weighted by molar-refractivity contribution is -0.119. The molecule has 0 heterocycles. The van der Waals surface area contributed by atoms with Gasteiger partial charge in [0, 0.05) is 13.1 Å². The molecule has 0 spiro atoms. The van der Waals surface area contributed by atoms with Crippen molar-refractivity contribution < 1.29 is 13.2 Å². The van der Waals surface area contributed by atoms with Gasteiger partial charge in [0.2, 0.25) is 5.91 Å². The molecule has 0 saturated heterocycles. The summed E-state index contributed by atoms with van der Waals surface area (Å²) in [7, 11) is -0.0312. The third-order valence-electron chi connectivity index (χ3n) is 3.82. The van der Waals surface area contributed by atoms with E-state index in [0.29, 0.717) is 18.8 Å². The summed E-state index contributed by atoms with van der Waals surface area (Å²) < 4.78 is 27.3. The summed E-state index contributed by atoms with van der Waals surface area (Å²) >= 11 is 0. The van der Waals surface area contributed by atoms with Gasteiger partial charge in [0.05, 0.1) is 10.6 Å². The van der Waals surface area contributed by atoms with E-state index in [1.54, 1.807) is 54.6 Å². The maximum atomic E-state index is 13.1. The van der Waals surface area contributed by atoms with Crippen LogP contribution in [0.3, 0.4) is 0 Å². The number of carbonyl (C=O) groups excluding carboxylic acids is 1. The number of rotatable bonds is 8. The summed E-state index contributed by atoms with van der Waals surface area (Å²) in [5.41, 5.74) is 1.42. The van der Waals surface area contributed by atoms with Crippen molar-refractivity contribution in [1.29, 1.82) is 0 Å². The Morgan fingerprint density at radius 1 is 1.00 bits per heavy atom. The van der Waals surface area contributed by atoms with Crippen molar-refractivity contribution in [2.75, 3.05) is 38.0 Å². The molecule has 0 aliphatic rings. The molecule has 140 valence electrons. The zero-order valence-corrected chi connectivity index (χ0v) is 16.2. The molecule has 2 rings (SSSR count). The molecule has 2 aromatic carbocycles. The maximum Gasteiger partial charge on any atom is 0.264 e. The first kappa shape index (κ1) is 19.9. The summed E-state index contributed by atoms with van der Waals surface area (Å²) in [6, 6.07) is 15.3. The zero-order valence-electron chi connectivity index (χ0n) is 15.3. The maximum absolute atomic E-state index is 13.1. The number of likely N-dealkylation sites (N-methyl/N-ethyl adjacent to an activating group) is 1. The predicted octanol–water partition coefficient (Wildman–Crippen LogP) is 1.87. The number of amides is 1. The minimum atomic E-state index is -3.85. The number of hydrogen-bond donors (Lipinski definition) is 1. The van der Waals surface area contributed by atoms with Gasteiger partial charge in [-0.2, -0.15) is 0 Å². The molecule has 0 unspecified atom stereocenters. The van der Waals surface area contributed by atoms with E-state index < -0.39 is 10.0 Å². The molecule has 0 atom stereocenters. The second-order valence-electron chi connectivity index (χ2n) is 6.31. The minimum absolute atomic E-state index is 0.160. The number of aryl methyl sites for hydroxylation is 1. The highest BCUT2D eigenvalue weighted by Crippen LogP contribution is 2.23. The standard InChI is InChI=1S/C19H25N3O3S/c1-16-9-11-18(12-10-16)26(24,25)22(17-7-5-4-6-8-17)15-19(23)20-13-14-21(2)3/h4-12H,13-15H2,1-3H3,(H,20,23). The second kappa shape index (κ2) is 8.82. The monoisotopic (exact) mass is 375 g/mol. The van der Waals surface area contributed by atoms with Crippen molar-refractivity contribution in [2.24, 2.45) is 0 Å². The molecule has 6 nitrogen and oxygen atoms in total. The number of carbonyl (C=O) groups is 1. The van der Waals surface area contributed by atoms with Gasteiger partial charge in [0.1, 0.15) is 6.54 Å². The van der Waals surface area contributed by atoms with Crippen molar-refractivity contribution in [1.82, 2.24) is 10.2 Å². The minimum Gasteiger partial charge on any atom is -0.353 e. The van der Waals surface area contributed by atoms with Gasteiger partial charge in [-0.25, -0.2) is 8.42 Å². The molecule has 2 aromatic rings. The molecule has 1 amide bonds. The van der Waals surface area contributed by atoms with Crippen LogP contribution in [-0.4, -0.2) is 53.0 Å². The molecule has 0 saturated carbocycles. The van der Waals surface area contributed by atoms with E-state index in [1.807, 2.05) is 25.9 Å². The molecule has 1 N–H and O–H groups in total. The summed E-state index contributed by atoms with van der Waals surface area (Å²) in [5.74, 6) is -0.341. The first-order chi connectivity index (χ1) is 12.3. The van der Waals surface area contributed by atoms with E-state index in [4.69, 9.17) is 0 Å². The number of anilines is 1. The van der Waals surface area contributed by atoms with E-state index in [9.17, 15) is 13.2 Å². The van der Waals surface area contributed by atoms with Gasteiger partial charge in [0.25, 0.3) is 10.0 Å². The van der Waals surface area contributed by atoms with Crippen LogP contribution in [-0.2, 0) is 14.8 Å². The number of sulfonamides is 1. The van der Waals surface area contributed by atoms with Crippen LogP contribution in [0, 0.1) is 6.92 Å². The largest absolute Gasteiger partial charge is 0.353 e. The van der Waals surface area contributed by atoms with E-state index >= 15 is 0 Å². The van der Waals surface area contributed by atoms with E-state index in [-0.39, 0.29) is 17.3 Å². The number of hydrogen-bond acceptors (Lipinski definition) is 4. The Kier molecular flexibility index (Phi) is 6.76. The average molecular weight is 375 g/mol. The fourth-order valence-electron chi connectivity index (χ4n) is 2.35. The van der Waals surface area contributed by atoms with Crippen LogP contribution >= 0.6 is 0 Å². The van der Waals surface area contributed by atoms with Gasteiger partial charge in [-0.3, -0.25) is 9.10 Å². The van der Waals surface area contributed by atoms with Gasteiger partial charge >= 0.3 is 0 Å². The molecular weight excluding hydrogens is 350 g/mol. The number of nitrogens with zero attached hydrogens (tertiary/aromatic N) is 2. The van der Waals surface area contributed by atoms with Crippen LogP contribution in [0.15, 0.2) is 59.5 Å². The third-order valence-corrected chi connectivity index (χ3v) is 5.61. The Morgan fingerprint density at radius 3 is 2.19 bits per heavy atom. The lowest BCUT2D eigenvalue weighted by atomic mass is 10.2. The van der Waals surface area contributed by atoms with E-state index in [0.717, 1.165) is 9.87 Å². The highest BCUT2D eigenvalue weighted by Gasteiger charge is 2.26. The lowest BCUT2D eigenvalue weighted by Gasteiger charge is -2.24. The lowest BCUT2D eigenvalue weighted by Crippen LogP contribution is -2.42. The van der Waals surface area contributed by atoms with Crippen LogP contribution in [0.5, 0.6) is 0 Å². The Labute approximate surface area is 155 Å². The van der Waals surface area contributed by atoms with Crippen LogP contribution in [0.2, 0.25) is 0 Å². The van der Waals surface area contributed by atoms with Crippen molar-refractivity contribution in [3.63, 3.8) is 0 Å². The van der Waals surface area contributed by atoms with E-state index in [2.05, 4.69) is 5.32 Å². The second-order valence-corrected chi connectivity index (χ2v) is 8.18. The molecule has 0 radical (unpaired) electrons. The summed E-state index contributed by atoms with van der Waals surface area (Å²) in [6.07, 6.45) is 0. The van der Waals surface area contributed by atoms with Gasteiger partial charge < -0.3 is 10.2 Å². The van der Waals surface area contributed by atoms with Gasteiger partial charge in [-0.15, -0.1) is 0 Å². The predicted molar refractivity (Wildman–Crippen MR) is 104 cm³/mol. The Bertz CT molecular complexity index is 819. The quantitative estimate of drug-likeness (QED) is 0.765. The zero-order chi connectivity index (χ0) is 19.2. The number of para-hydroxylation sites is 1. The van der Waals surface area contributed by atoms with Gasteiger partial charge in [0.15, 0.2) is 0 Å². The SMILES string of the molecule is Cc1ccc(S(=O)(=O)N(CC(=O)NCCN(C)C)c2ccccc2)cc1. The number of benzene rings is 2. The average Bonchev–Trinajstić information content (AvgIpc) is 2.60. The Balaban J connectivity index is 2.27. The topological polar surface area (TPSA) is 69.7 Å². The van der Waals surface area contributed by atoms with Crippen LogP contribution < -0.4 is 9.62 Å². The highest BCUT2D eigenvalue weighted by atomic mass is 32.2.